The second kappa shape index (κ2) is 4.70. The summed E-state index contributed by atoms with van der Waals surface area (Å²) in [4.78, 5) is 10.6. The van der Waals surface area contributed by atoms with Crippen molar-refractivity contribution in [1.82, 2.24) is 15.2 Å². The molecule has 5 nitrogen and oxygen atoms in total. The van der Waals surface area contributed by atoms with Crippen LogP contribution in [-0.2, 0) is 11.3 Å². The van der Waals surface area contributed by atoms with Crippen molar-refractivity contribution in [3.63, 3.8) is 0 Å². The first kappa shape index (κ1) is 9.93. The summed E-state index contributed by atoms with van der Waals surface area (Å²) in [5.74, 6) is 4.59. The van der Waals surface area contributed by atoms with Gasteiger partial charge < -0.3 is 0 Å². The number of carbonyl (C=O) groups is 1. The van der Waals surface area contributed by atoms with Crippen LogP contribution in [0.1, 0.15) is 0 Å². The first-order valence-electron chi connectivity index (χ1n) is 2.80. The quantitative estimate of drug-likeness (QED) is 0.356. The summed E-state index contributed by atoms with van der Waals surface area (Å²) in [6.45, 7) is 0.170. The molecule has 0 aliphatic rings. The van der Waals surface area contributed by atoms with Crippen LogP contribution in [0.3, 0.4) is 0 Å². The van der Waals surface area contributed by atoms with Crippen molar-refractivity contribution in [3.8, 4) is 0 Å². The average Bonchev–Trinajstić information content (AvgIpc) is 2.40. The Morgan fingerprint density at radius 1 is 1.73 bits per heavy atom. The van der Waals surface area contributed by atoms with Crippen LogP contribution in [-0.4, -0.2) is 15.7 Å². The van der Waals surface area contributed by atoms with E-state index in [4.69, 9.17) is 5.84 Å². The third-order valence-corrected chi connectivity index (χ3v) is 1.03. The van der Waals surface area contributed by atoms with Crippen LogP contribution in [0.5, 0.6) is 0 Å². The van der Waals surface area contributed by atoms with Gasteiger partial charge in [0.1, 0.15) is 6.54 Å². The van der Waals surface area contributed by atoms with Gasteiger partial charge in [-0.1, -0.05) is 0 Å². The van der Waals surface area contributed by atoms with Gasteiger partial charge in [0.2, 0.25) is 0 Å². The molecule has 0 aliphatic heterocycles. The molecule has 3 N–H and O–H groups in total. The molecular weight excluding hydrogens is 168 g/mol. The van der Waals surface area contributed by atoms with Crippen LogP contribution in [0.2, 0.25) is 0 Å². The Kier molecular flexibility index (Phi) is 4.24. The molecule has 0 atom stereocenters. The molecule has 0 spiro atoms. The minimum absolute atomic E-state index is 0. The van der Waals surface area contributed by atoms with Crippen molar-refractivity contribution >= 4 is 18.3 Å². The number of nitrogens with zero attached hydrogens (tertiary/aromatic N) is 2. The van der Waals surface area contributed by atoms with Gasteiger partial charge in [0.05, 0.1) is 0 Å². The number of rotatable bonds is 2. The summed E-state index contributed by atoms with van der Waals surface area (Å²) in [7, 11) is 0. The Morgan fingerprint density at radius 3 is 2.91 bits per heavy atom. The van der Waals surface area contributed by atoms with Crippen LogP contribution in [0, 0.1) is 0 Å². The lowest BCUT2D eigenvalue weighted by molar-refractivity contribution is -0.121. The van der Waals surface area contributed by atoms with Gasteiger partial charge in [-0.25, -0.2) is 5.84 Å². The fourth-order valence-corrected chi connectivity index (χ4v) is 0.587. The monoisotopic (exact) mass is 176 g/mol. The molecule has 1 heterocycles. The Morgan fingerprint density at radius 2 is 2.45 bits per heavy atom. The highest BCUT2D eigenvalue weighted by Crippen LogP contribution is 1.82. The number of hydrogen-bond acceptors (Lipinski definition) is 3. The first-order chi connectivity index (χ1) is 4.83. The Hall–Kier alpha value is -1.07. The van der Waals surface area contributed by atoms with E-state index < -0.39 is 0 Å². The maximum atomic E-state index is 10.6. The third kappa shape index (κ3) is 3.01. The lowest BCUT2D eigenvalue weighted by Gasteiger charge is -1.97. The van der Waals surface area contributed by atoms with E-state index in [9.17, 15) is 4.79 Å². The zero-order valence-electron chi connectivity index (χ0n) is 5.73. The number of halogens is 1. The summed E-state index contributed by atoms with van der Waals surface area (Å²) in [5.41, 5.74) is 2.00. The summed E-state index contributed by atoms with van der Waals surface area (Å²) in [5, 5.41) is 3.80. The predicted molar refractivity (Wildman–Crippen MR) is 41.8 cm³/mol. The number of hydrazine groups is 1. The SMILES string of the molecule is Cl.NNC(=O)Cn1cccn1. The number of hydrogen-bond donors (Lipinski definition) is 2. The molecule has 6 heteroatoms. The van der Waals surface area contributed by atoms with Crippen molar-refractivity contribution in [3.05, 3.63) is 18.5 Å². The van der Waals surface area contributed by atoms with Crippen LogP contribution in [0.15, 0.2) is 18.5 Å². The van der Waals surface area contributed by atoms with Crippen LogP contribution < -0.4 is 11.3 Å². The Balaban J connectivity index is 0.000001000. The summed E-state index contributed by atoms with van der Waals surface area (Å²) >= 11 is 0. The van der Waals surface area contributed by atoms with E-state index in [1.54, 1.807) is 18.5 Å². The van der Waals surface area contributed by atoms with Gasteiger partial charge in [0.25, 0.3) is 5.91 Å². The molecule has 0 radical (unpaired) electrons. The maximum absolute atomic E-state index is 10.6. The van der Waals surface area contributed by atoms with Crippen LogP contribution in [0.25, 0.3) is 0 Å². The first-order valence-corrected chi connectivity index (χ1v) is 2.80. The second-order valence-electron chi connectivity index (χ2n) is 1.77. The van der Waals surface area contributed by atoms with E-state index >= 15 is 0 Å². The topological polar surface area (TPSA) is 72.9 Å². The Bertz CT molecular complexity index is 210. The second-order valence-corrected chi connectivity index (χ2v) is 1.77. The molecule has 0 saturated heterocycles. The van der Waals surface area contributed by atoms with E-state index in [1.807, 2.05) is 5.43 Å². The van der Waals surface area contributed by atoms with Gasteiger partial charge in [-0.2, -0.15) is 5.10 Å². The molecule has 0 bridgehead atoms. The molecule has 0 unspecified atom stereocenters. The molecule has 1 rings (SSSR count). The molecule has 62 valence electrons. The summed E-state index contributed by atoms with van der Waals surface area (Å²) in [6, 6.07) is 1.74. The number of nitrogens with one attached hydrogen (secondary N) is 1. The summed E-state index contributed by atoms with van der Waals surface area (Å²) < 4.78 is 1.49. The molecule has 11 heavy (non-hydrogen) atoms. The normalized spacial score (nSPS) is 8.45. The van der Waals surface area contributed by atoms with E-state index in [1.165, 1.54) is 4.68 Å². The van der Waals surface area contributed by atoms with Gasteiger partial charge in [-0.05, 0) is 6.07 Å². The minimum Gasteiger partial charge on any atom is -0.293 e. The van der Waals surface area contributed by atoms with Crippen molar-refractivity contribution < 1.29 is 4.79 Å². The molecular formula is C5H9ClN4O. The van der Waals surface area contributed by atoms with E-state index in [0.717, 1.165) is 0 Å². The lowest BCUT2D eigenvalue weighted by atomic mass is 10.6. The number of amides is 1. The largest absolute Gasteiger partial charge is 0.293 e. The standard InChI is InChI=1S/C5H8N4O.ClH/c6-8-5(10)4-9-3-1-2-7-9;/h1-3H,4,6H2,(H,8,10);1H. The molecule has 1 aromatic heterocycles. The highest BCUT2D eigenvalue weighted by molar-refractivity contribution is 5.85. The number of aromatic nitrogens is 2. The van der Waals surface area contributed by atoms with Gasteiger partial charge in [0, 0.05) is 12.4 Å². The zero-order valence-corrected chi connectivity index (χ0v) is 6.54. The average molecular weight is 177 g/mol. The highest BCUT2D eigenvalue weighted by Gasteiger charge is 1.97. The number of nitrogens with two attached hydrogens (primary N) is 1. The van der Waals surface area contributed by atoms with Crippen molar-refractivity contribution in [2.24, 2.45) is 5.84 Å². The third-order valence-electron chi connectivity index (χ3n) is 1.03. The molecule has 0 fully saturated rings. The lowest BCUT2D eigenvalue weighted by Crippen LogP contribution is -2.33. The van der Waals surface area contributed by atoms with Crippen molar-refractivity contribution in [2.75, 3.05) is 0 Å². The van der Waals surface area contributed by atoms with Crippen LogP contribution in [0.4, 0.5) is 0 Å². The molecule has 0 saturated carbocycles. The van der Waals surface area contributed by atoms with Gasteiger partial charge in [-0.3, -0.25) is 14.9 Å². The maximum Gasteiger partial charge on any atom is 0.255 e. The van der Waals surface area contributed by atoms with Crippen molar-refractivity contribution in [1.29, 1.82) is 0 Å². The fraction of sp³-hybridized carbons (Fsp3) is 0.200. The Labute approximate surface area is 69.9 Å². The van der Waals surface area contributed by atoms with E-state index in [-0.39, 0.29) is 24.9 Å². The van der Waals surface area contributed by atoms with Crippen LogP contribution >= 0.6 is 12.4 Å². The predicted octanol–water partition coefficient (Wildman–Crippen LogP) is -0.705. The molecule has 0 aliphatic carbocycles. The summed E-state index contributed by atoms with van der Waals surface area (Å²) in [6.07, 6.45) is 3.29. The molecule has 1 amide bonds. The zero-order chi connectivity index (χ0) is 7.40. The van der Waals surface area contributed by atoms with Gasteiger partial charge in [0.15, 0.2) is 0 Å². The smallest absolute Gasteiger partial charge is 0.255 e. The van der Waals surface area contributed by atoms with Gasteiger partial charge >= 0.3 is 0 Å². The molecule has 0 aromatic carbocycles. The van der Waals surface area contributed by atoms with Gasteiger partial charge in [-0.15, -0.1) is 12.4 Å². The van der Waals surface area contributed by atoms with E-state index in [0.29, 0.717) is 0 Å². The number of carbonyl (C=O) groups excluding carboxylic acids is 1. The molecule has 1 aromatic rings. The van der Waals surface area contributed by atoms with E-state index in [2.05, 4.69) is 5.10 Å². The fourth-order valence-electron chi connectivity index (χ4n) is 0.587. The minimum atomic E-state index is -0.260. The van der Waals surface area contributed by atoms with Crippen molar-refractivity contribution in [2.45, 2.75) is 6.54 Å². The highest BCUT2D eigenvalue weighted by atomic mass is 35.5.